The Morgan fingerprint density at radius 3 is 2.73 bits per heavy atom. The van der Waals surface area contributed by atoms with Crippen LogP contribution in [0.1, 0.15) is 17.2 Å². The molecular formula is C20H25FN2O3. The second-order valence-corrected chi connectivity index (χ2v) is 6.36. The van der Waals surface area contributed by atoms with Crippen LogP contribution >= 0.6 is 0 Å². The van der Waals surface area contributed by atoms with Crippen molar-refractivity contribution in [2.24, 2.45) is 0 Å². The highest BCUT2D eigenvalue weighted by atomic mass is 19.1. The van der Waals surface area contributed by atoms with E-state index in [2.05, 4.69) is 10.2 Å². The fourth-order valence-electron chi connectivity index (χ4n) is 3.26. The number of benzene rings is 2. The number of phenols is 1. The number of halogens is 1. The van der Waals surface area contributed by atoms with E-state index in [1.165, 1.54) is 13.2 Å². The standard InChI is InChI=1S/C20H25FN2O3/c1-25-20-6-5-15(11-19(20)24)13-22-14-18(23-7-9-26-10-8-23)16-3-2-4-17(21)12-16/h2-6,11-12,18,22,24H,7-10,13-14H2,1H3/t18-/m1/s1. The third kappa shape index (κ3) is 4.72. The molecule has 0 amide bonds. The second-order valence-electron chi connectivity index (χ2n) is 6.36. The molecule has 26 heavy (non-hydrogen) atoms. The summed E-state index contributed by atoms with van der Waals surface area (Å²) >= 11 is 0. The maximum atomic E-state index is 13.7. The van der Waals surface area contributed by atoms with E-state index in [4.69, 9.17) is 9.47 Å². The Kier molecular flexibility index (Phi) is 6.44. The van der Waals surface area contributed by atoms with Crippen LogP contribution in [0.25, 0.3) is 0 Å². The molecule has 2 aromatic rings. The van der Waals surface area contributed by atoms with Crippen molar-refractivity contribution in [2.75, 3.05) is 40.0 Å². The summed E-state index contributed by atoms with van der Waals surface area (Å²) in [6, 6.07) is 12.2. The van der Waals surface area contributed by atoms with E-state index in [9.17, 15) is 9.50 Å². The average molecular weight is 360 g/mol. The average Bonchev–Trinajstić information content (AvgIpc) is 2.66. The second kappa shape index (κ2) is 8.98. The van der Waals surface area contributed by atoms with E-state index in [1.54, 1.807) is 24.3 Å². The van der Waals surface area contributed by atoms with Crippen molar-refractivity contribution in [3.63, 3.8) is 0 Å². The van der Waals surface area contributed by atoms with Crippen molar-refractivity contribution in [1.82, 2.24) is 10.2 Å². The first-order valence-electron chi connectivity index (χ1n) is 8.81. The van der Waals surface area contributed by atoms with Gasteiger partial charge in [0.05, 0.1) is 20.3 Å². The van der Waals surface area contributed by atoms with Crippen LogP contribution in [0.5, 0.6) is 11.5 Å². The molecule has 0 radical (unpaired) electrons. The summed E-state index contributed by atoms with van der Waals surface area (Å²) in [5.41, 5.74) is 1.92. The first-order valence-corrected chi connectivity index (χ1v) is 8.81. The summed E-state index contributed by atoms with van der Waals surface area (Å²) in [6.45, 7) is 4.32. The van der Waals surface area contributed by atoms with Gasteiger partial charge in [-0.1, -0.05) is 18.2 Å². The highest BCUT2D eigenvalue weighted by Gasteiger charge is 2.22. The van der Waals surface area contributed by atoms with E-state index in [0.29, 0.717) is 32.1 Å². The molecule has 6 heteroatoms. The van der Waals surface area contributed by atoms with Gasteiger partial charge in [0.25, 0.3) is 0 Å². The molecule has 0 spiro atoms. The molecule has 0 unspecified atom stereocenters. The van der Waals surface area contributed by atoms with E-state index in [1.807, 2.05) is 12.1 Å². The summed E-state index contributed by atoms with van der Waals surface area (Å²) < 4.78 is 24.2. The van der Waals surface area contributed by atoms with Gasteiger partial charge in [-0.05, 0) is 35.4 Å². The highest BCUT2D eigenvalue weighted by molar-refractivity contribution is 5.41. The zero-order chi connectivity index (χ0) is 18.4. The Morgan fingerprint density at radius 1 is 1.23 bits per heavy atom. The van der Waals surface area contributed by atoms with Gasteiger partial charge in [0, 0.05) is 32.2 Å². The summed E-state index contributed by atoms with van der Waals surface area (Å²) in [5, 5.41) is 13.3. The molecule has 140 valence electrons. The zero-order valence-electron chi connectivity index (χ0n) is 15.0. The van der Waals surface area contributed by atoms with Gasteiger partial charge in [-0.3, -0.25) is 4.90 Å². The number of rotatable bonds is 7. The summed E-state index contributed by atoms with van der Waals surface area (Å²) in [4.78, 5) is 2.32. The van der Waals surface area contributed by atoms with Gasteiger partial charge >= 0.3 is 0 Å². The summed E-state index contributed by atoms with van der Waals surface area (Å²) in [7, 11) is 1.53. The van der Waals surface area contributed by atoms with Crippen molar-refractivity contribution in [3.8, 4) is 11.5 Å². The molecule has 0 aliphatic carbocycles. The lowest BCUT2D eigenvalue weighted by atomic mass is 10.0. The predicted octanol–water partition coefficient (Wildman–Crippen LogP) is 2.70. The highest BCUT2D eigenvalue weighted by Crippen LogP contribution is 2.26. The van der Waals surface area contributed by atoms with Gasteiger partial charge in [-0.25, -0.2) is 4.39 Å². The molecule has 0 saturated carbocycles. The Bertz CT molecular complexity index is 720. The molecule has 5 nitrogen and oxygen atoms in total. The quantitative estimate of drug-likeness (QED) is 0.795. The largest absolute Gasteiger partial charge is 0.504 e. The number of hydrogen-bond acceptors (Lipinski definition) is 5. The topological polar surface area (TPSA) is 54.0 Å². The molecule has 3 rings (SSSR count). The van der Waals surface area contributed by atoms with Gasteiger partial charge in [-0.15, -0.1) is 0 Å². The van der Waals surface area contributed by atoms with Crippen molar-refractivity contribution in [2.45, 2.75) is 12.6 Å². The third-order valence-electron chi connectivity index (χ3n) is 4.63. The smallest absolute Gasteiger partial charge is 0.160 e. The van der Waals surface area contributed by atoms with Crippen LogP contribution in [-0.2, 0) is 11.3 Å². The predicted molar refractivity (Wildman–Crippen MR) is 97.9 cm³/mol. The molecule has 1 fully saturated rings. The van der Waals surface area contributed by atoms with E-state index in [-0.39, 0.29) is 17.6 Å². The van der Waals surface area contributed by atoms with Gasteiger partial charge in [0.15, 0.2) is 11.5 Å². The van der Waals surface area contributed by atoms with Crippen LogP contribution in [0.4, 0.5) is 4.39 Å². The number of nitrogens with zero attached hydrogens (tertiary/aromatic N) is 1. The normalized spacial score (nSPS) is 16.4. The van der Waals surface area contributed by atoms with Gasteiger partial charge in [0.1, 0.15) is 5.82 Å². The SMILES string of the molecule is COc1ccc(CNC[C@H](c2cccc(F)c2)N2CCOCC2)cc1O. The van der Waals surface area contributed by atoms with Gasteiger partial charge in [0.2, 0.25) is 0 Å². The number of aromatic hydroxyl groups is 1. The lowest BCUT2D eigenvalue weighted by molar-refractivity contribution is 0.0160. The third-order valence-corrected chi connectivity index (χ3v) is 4.63. The molecule has 1 atom stereocenters. The minimum atomic E-state index is -0.221. The number of methoxy groups -OCH3 is 1. The van der Waals surface area contributed by atoms with Crippen molar-refractivity contribution < 1.29 is 19.0 Å². The zero-order valence-corrected chi connectivity index (χ0v) is 15.0. The molecule has 0 aromatic heterocycles. The first kappa shape index (κ1) is 18.6. The van der Waals surface area contributed by atoms with Crippen molar-refractivity contribution >= 4 is 0 Å². The van der Waals surface area contributed by atoms with Crippen LogP contribution in [-0.4, -0.2) is 50.0 Å². The van der Waals surface area contributed by atoms with E-state index in [0.717, 1.165) is 24.2 Å². The molecule has 1 heterocycles. The fraction of sp³-hybridized carbons (Fsp3) is 0.400. The van der Waals surface area contributed by atoms with Gasteiger partial charge < -0.3 is 19.9 Å². The molecular weight excluding hydrogens is 335 g/mol. The fourth-order valence-corrected chi connectivity index (χ4v) is 3.26. The number of nitrogens with one attached hydrogen (secondary N) is 1. The van der Waals surface area contributed by atoms with Gasteiger partial charge in [-0.2, -0.15) is 0 Å². The Hall–Kier alpha value is -2.15. The monoisotopic (exact) mass is 360 g/mol. The lowest BCUT2D eigenvalue weighted by Gasteiger charge is -2.35. The maximum Gasteiger partial charge on any atom is 0.160 e. The molecule has 1 saturated heterocycles. The summed E-state index contributed by atoms with van der Waals surface area (Å²) in [6.07, 6.45) is 0. The van der Waals surface area contributed by atoms with Crippen molar-refractivity contribution in [1.29, 1.82) is 0 Å². The molecule has 1 aliphatic heterocycles. The number of morpholine rings is 1. The number of phenolic OH excluding ortho intramolecular Hbond substituents is 1. The van der Waals surface area contributed by atoms with E-state index < -0.39 is 0 Å². The first-order chi connectivity index (χ1) is 12.7. The number of hydrogen-bond donors (Lipinski definition) is 2. The maximum absolute atomic E-state index is 13.7. The molecule has 1 aliphatic rings. The van der Waals surface area contributed by atoms with Crippen LogP contribution in [0, 0.1) is 5.82 Å². The Labute approximate surface area is 153 Å². The van der Waals surface area contributed by atoms with Crippen LogP contribution in [0.3, 0.4) is 0 Å². The molecule has 2 N–H and O–H groups in total. The Balaban J connectivity index is 1.66. The molecule has 0 bridgehead atoms. The van der Waals surface area contributed by atoms with Crippen LogP contribution < -0.4 is 10.1 Å². The minimum absolute atomic E-state index is 0.0708. The van der Waals surface area contributed by atoms with Crippen LogP contribution in [0.15, 0.2) is 42.5 Å². The minimum Gasteiger partial charge on any atom is -0.504 e. The molecule has 2 aromatic carbocycles. The Morgan fingerprint density at radius 2 is 2.04 bits per heavy atom. The van der Waals surface area contributed by atoms with Crippen LogP contribution in [0.2, 0.25) is 0 Å². The number of ether oxygens (including phenoxy) is 2. The lowest BCUT2D eigenvalue weighted by Crippen LogP contribution is -2.42. The van der Waals surface area contributed by atoms with E-state index >= 15 is 0 Å². The summed E-state index contributed by atoms with van der Waals surface area (Å²) in [5.74, 6) is 0.363. The van der Waals surface area contributed by atoms with Crippen molar-refractivity contribution in [3.05, 3.63) is 59.4 Å².